The molecule has 1 aliphatic rings. The molecule has 0 saturated heterocycles. The number of hydrogen-bond donors (Lipinski definition) is 2. The van der Waals surface area contributed by atoms with Crippen LogP contribution in [-0.4, -0.2) is 48.5 Å². The summed E-state index contributed by atoms with van der Waals surface area (Å²) in [4.78, 5) is 19.8. The minimum atomic E-state index is -0.538. The molecule has 4 rings (SSSR count). The summed E-state index contributed by atoms with van der Waals surface area (Å²) in [6, 6.07) is 16.1. The number of fused-ring (bicyclic) bond motifs is 1. The fourth-order valence-corrected chi connectivity index (χ4v) is 3.27. The van der Waals surface area contributed by atoms with Gasteiger partial charge in [0.05, 0.1) is 12.1 Å². The van der Waals surface area contributed by atoms with Crippen LogP contribution in [0.15, 0.2) is 54.6 Å². The third-order valence-corrected chi connectivity index (χ3v) is 4.81. The van der Waals surface area contributed by atoms with Gasteiger partial charge in [0.15, 0.2) is 5.82 Å². The molecule has 7 nitrogen and oxygen atoms in total. The number of nitrogens with zero attached hydrogens (tertiary/aromatic N) is 3. The number of hydroxylamine groups is 2. The van der Waals surface area contributed by atoms with Gasteiger partial charge in [-0.15, -0.1) is 5.06 Å². The second-order valence-electron chi connectivity index (χ2n) is 6.93. The summed E-state index contributed by atoms with van der Waals surface area (Å²) in [6.45, 7) is 1.20. The van der Waals surface area contributed by atoms with Gasteiger partial charge in [0.1, 0.15) is 0 Å². The molecule has 2 N–H and O–H groups in total. The maximum absolute atomic E-state index is 12.2. The molecule has 0 spiro atoms. The lowest BCUT2D eigenvalue weighted by molar-refractivity contribution is -0.0851. The van der Waals surface area contributed by atoms with Crippen molar-refractivity contribution in [1.29, 1.82) is 0 Å². The van der Waals surface area contributed by atoms with Crippen LogP contribution >= 0.6 is 0 Å². The molecule has 0 unspecified atom stereocenters. The number of aromatic amines is 1. The van der Waals surface area contributed by atoms with Gasteiger partial charge < -0.3 is 9.74 Å². The van der Waals surface area contributed by atoms with E-state index in [0.29, 0.717) is 18.9 Å². The highest BCUT2D eigenvalue weighted by Gasteiger charge is 2.18. The smallest absolute Gasteiger partial charge is 0.378 e. The molecule has 2 aromatic carbocycles. The van der Waals surface area contributed by atoms with Gasteiger partial charge in [-0.05, 0) is 41.8 Å². The zero-order chi connectivity index (χ0) is 19.5. The Balaban J connectivity index is 1.37. The van der Waals surface area contributed by atoms with E-state index in [1.54, 1.807) is 5.06 Å². The number of para-hydroxylation sites is 1. The highest BCUT2D eigenvalue weighted by atomic mass is 16.7. The Morgan fingerprint density at radius 3 is 2.86 bits per heavy atom. The molecule has 1 aliphatic heterocycles. The molecule has 1 aromatic heterocycles. The van der Waals surface area contributed by atoms with Gasteiger partial charge in [0.2, 0.25) is 0 Å². The Labute approximate surface area is 163 Å². The zero-order valence-electron chi connectivity index (χ0n) is 16.0. The van der Waals surface area contributed by atoms with Crippen LogP contribution in [0.25, 0.3) is 16.5 Å². The Morgan fingerprint density at radius 2 is 2.07 bits per heavy atom. The predicted molar refractivity (Wildman–Crippen MR) is 111 cm³/mol. The first-order valence-electron chi connectivity index (χ1n) is 9.24. The number of benzene rings is 2. The molecule has 0 radical (unpaired) electrons. The van der Waals surface area contributed by atoms with Crippen molar-refractivity contribution in [2.75, 3.05) is 37.4 Å². The largest absolute Gasteiger partial charge is 0.432 e. The molecule has 7 heteroatoms. The Morgan fingerprint density at radius 1 is 1.21 bits per heavy atom. The van der Waals surface area contributed by atoms with Crippen LogP contribution in [0, 0.1) is 0 Å². The third kappa shape index (κ3) is 3.84. The van der Waals surface area contributed by atoms with Gasteiger partial charge in [-0.2, -0.15) is 5.10 Å². The van der Waals surface area contributed by atoms with Crippen LogP contribution in [0.3, 0.4) is 0 Å². The predicted octanol–water partition coefficient (Wildman–Crippen LogP) is 3.88. The molecule has 0 bridgehead atoms. The van der Waals surface area contributed by atoms with Gasteiger partial charge in [-0.1, -0.05) is 30.3 Å². The van der Waals surface area contributed by atoms with Crippen LogP contribution in [0.4, 0.5) is 16.3 Å². The molecule has 0 aliphatic carbocycles. The van der Waals surface area contributed by atoms with E-state index in [4.69, 9.17) is 4.84 Å². The molecule has 144 valence electrons. The van der Waals surface area contributed by atoms with Crippen molar-refractivity contribution in [3.63, 3.8) is 0 Å². The summed E-state index contributed by atoms with van der Waals surface area (Å²) in [5, 5.41) is 12.2. The summed E-state index contributed by atoms with van der Waals surface area (Å²) in [6.07, 6.45) is 2.38. The highest BCUT2D eigenvalue weighted by Crippen LogP contribution is 2.26. The summed E-state index contributed by atoms with van der Waals surface area (Å²) < 4.78 is 0. The quantitative estimate of drug-likeness (QED) is 0.722. The number of anilines is 2. The fraction of sp³-hybridized carbons (Fsp3) is 0.238. The van der Waals surface area contributed by atoms with Crippen LogP contribution in [0.2, 0.25) is 0 Å². The van der Waals surface area contributed by atoms with Gasteiger partial charge >= 0.3 is 6.09 Å². The van der Waals surface area contributed by atoms with Crippen LogP contribution in [0.1, 0.15) is 12.0 Å². The number of nitrogens with one attached hydrogen (secondary N) is 2. The SMILES string of the molecule is CN(C)c1cccc(C2=CCN(OC(=O)Nc3n[nH]c4ccccc34)CC2)c1. The second kappa shape index (κ2) is 7.74. The first-order chi connectivity index (χ1) is 13.6. The molecule has 0 fully saturated rings. The third-order valence-electron chi connectivity index (χ3n) is 4.81. The van der Waals surface area contributed by atoms with Crippen molar-refractivity contribution in [3.8, 4) is 0 Å². The zero-order valence-corrected chi connectivity index (χ0v) is 16.0. The Bertz CT molecular complexity index is 1020. The van der Waals surface area contributed by atoms with Crippen LogP contribution < -0.4 is 10.2 Å². The van der Waals surface area contributed by atoms with Crippen molar-refractivity contribution < 1.29 is 9.63 Å². The lowest BCUT2D eigenvalue weighted by atomic mass is 9.99. The number of carbonyl (C=O) groups excluding carboxylic acids is 1. The van der Waals surface area contributed by atoms with Crippen molar-refractivity contribution >= 4 is 34.1 Å². The highest BCUT2D eigenvalue weighted by molar-refractivity contribution is 5.96. The molecular formula is C21H23N5O2. The molecule has 28 heavy (non-hydrogen) atoms. The van der Waals surface area contributed by atoms with E-state index in [1.165, 1.54) is 16.8 Å². The van der Waals surface area contributed by atoms with E-state index >= 15 is 0 Å². The Kier molecular flexibility index (Phi) is 4.99. The maximum atomic E-state index is 12.2. The second-order valence-corrected chi connectivity index (χ2v) is 6.93. The standard InChI is InChI=1S/C21H23N5O2/c1-25(2)17-7-5-6-16(14-17)15-10-12-26(13-11-15)28-21(27)22-20-18-8-3-4-9-19(18)23-24-20/h3-10,14H,11-13H2,1-2H3,(H2,22,23,24,27). The van der Waals surface area contributed by atoms with Gasteiger partial charge in [0.25, 0.3) is 0 Å². The first-order valence-corrected chi connectivity index (χ1v) is 9.24. The maximum Gasteiger partial charge on any atom is 0.432 e. The van der Waals surface area contributed by atoms with E-state index in [2.05, 4.69) is 50.8 Å². The van der Waals surface area contributed by atoms with Gasteiger partial charge in [-0.25, -0.2) is 4.79 Å². The molecule has 2 heterocycles. The Hall–Kier alpha value is -3.32. The van der Waals surface area contributed by atoms with Crippen molar-refractivity contribution in [1.82, 2.24) is 15.3 Å². The molecule has 1 amide bonds. The first kappa shape index (κ1) is 18.1. The van der Waals surface area contributed by atoms with Crippen molar-refractivity contribution in [2.24, 2.45) is 0 Å². The monoisotopic (exact) mass is 377 g/mol. The van der Waals surface area contributed by atoms with Crippen molar-refractivity contribution in [2.45, 2.75) is 6.42 Å². The molecule has 0 saturated carbocycles. The van der Waals surface area contributed by atoms with Crippen LogP contribution in [0.5, 0.6) is 0 Å². The van der Waals surface area contributed by atoms with E-state index in [-0.39, 0.29) is 0 Å². The van der Waals surface area contributed by atoms with E-state index in [1.807, 2.05) is 38.4 Å². The number of hydrogen-bond acceptors (Lipinski definition) is 5. The van der Waals surface area contributed by atoms with Gasteiger partial charge in [-0.3, -0.25) is 10.4 Å². The summed E-state index contributed by atoms with van der Waals surface area (Å²) >= 11 is 0. The van der Waals surface area contributed by atoms with Gasteiger partial charge in [0, 0.05) is 31.7 Å². The van der Waals surface area contributed by atoms with E-state index in [0.717, 1.165) is 17.3 Å². The van der Waals surface area contributed by atoms with E-state index < -0.39 is 6.09 Å². The minimum Gasteiger partial charge on any atom is -0.378 e. The van der Waals surface area contributed by atoms with Crippen molar-refractivity contribution in [3.05, 3.63) is 60.2 Å². The number of amides is 1. The number of H-pyrrole nitrogens is 1. The molecule has 0 atom stereocenters. The van der Waals surface area contributed by atoms with Crippen LogP contribution in [-0.2, 0) is 4.84 Å². The fourth-order valence-electron chi connectivity index (χ4n) is 3.27. The number of rotatable bonds is 4. The minimum absolute atomic E-state index is 0.467. The van der Waals surface area contributed by atoms with E-state index in [9.17, 15) is 4.79 Å². The lowest BCUT2D eigenvalue weighted by Gasteiger charge is -2.25. The average molecular weight is 377 g/mol. The number of aromatic nitrogens is 2. The average Bonchev–Trinajstić information content (AvgIpc) is 3.11. The summed E-state index contributed by atoms with van der Waals surface area (Å²) in [7, 11) is 4.07. The lowest BCUT2D eigenvalue weighted by Crippen LogP contribution is -2.33. The normalized spacial score (nSPS) is 14.6. The molecular weight excluding hydrogens is 354 g/mol. The molecule has 3 aromatic rings. The summed E-state index contributed by atoms with van der Waals surface area (Å²) in [5.74, 6) is 0.467. The summed E-state index contributed by atoms with van der Waals surface area (Å²) in [5.41, 5.74) is 4.51. The number of carbonyl (C=O) groups is 1. The topological polar surface area (TPSA) is 73.5 Å².